The van der Waals surface area contributed by atoms with E-state index >= 15 is 0 Å². The van der Waals surface area contributed by atoms with Gasteiger partial charge in [0.25, 0.3) is 0 Å². The summed E-state index contributed by atoms with van der Waals surface area (Å²) < 4.78 is 11.4. The highest BCUT2D eigenvalue weighted by Crippen LogP contribution is 2.47. The van der Waals surface area contributed by atoms with Gasteiger partial charge in [0.15, 0.2) is 5.78 Å². The van der Waals surface area contributed by atoms with Gasteiger partial charge in [-0.3, -0.25) is 4.79 Å². The summed E-state index contributed by atoms with van der Waals surface area (Å²) in [5, 5.41) is 5.50. The minimum Gasteiger partial charge on any atom is -0.459 e. The number of esters is 1. The molecule has 3 aliphatic rings. The normalized spacial score (nSPS) is 25.3. The van der Waals surface area contributed by atoms with Crippen molar-refractivity contribution < 1.29 is 19.1 Å². The highest BCUT2D eigenvalue weighted by Gasteiger charge is 2.42. The Labute approximate surface area is 202 Å². The third-order valence-electron chi connectivity index (χ3n) is 6.73. The van der Waals surface area contributed by atoms with E-state index in [9.17, 15) is 9.59 Å². The number of hydrogen-bond donors (Lipinski definition) is 1. The Balaban J connectivity index is 1.49. The molecule has 1 N–H and O–H groups in total. The zero-order valence-electron chi connectivity index (χ0n) is 19.0. The first-order valence-electron chi connectivity index (χ1n) is 11.7. The van der Waals surface area contributed by atoms with E-state index in [-0.39, 0.29) is 36.3 Å². The van der Waals surface area contributed by atoms with Crippen LogP contribution in [0.1, 0.15) is 66.0 Å². The Morgan fingerprint density at radius 3 is 2.82 bits per heavy atom. The summed E-state index contributed by atoms with van der Waals surface area (Å²) in [6.07, 6.45) is 4.06. The van der Waals surface area contributed by atoms with Crippen molar-refractivity contribution in [1.29, 1.82) is 0 Å². The smallest absolute Gasteiger partial charge is 0.336 e. The molecule has 0 aromatic carbocycles. The Kier molecular flexibility index (Phi) is 6.54. The fourth-order valence-corrected chi connectivity index (χ4v) is 6.98. The summed E-state index contributed by atoms with van der Waals surface area (Å²) in [6, 6.07) is 8.33. The number of hydrogen-bond acceptors (Lipinski definition) is 7. The Hall–Kier alpha value is -2.22. The molecule has 0 radical (unpaired) electrons. The second-order valence-corrected chi connectivity index (χ2v) is 11.1. The molecule has 3 unspecified atom stereocenters. The quantitative estimate of drug-likeness (QED) is 0.553. The Morgan fingerprint density at radius 2 is 2.12 bits per heavy atom. The number of aryl methyl sites for hydroxylation is 1. The third kappa shape index (κ3) is 4.46. The van der Waals surface area contributed by atoms with Gasteiger partial charge in [0.1, 0.15) is 6.61 Å². The SMILES string of the molecule is CCc1ccc(C2C(C(=O)OCC3CCCO3)=C(C)NC3=C2C(=O)CC(c2cccs2)C3)s1. The molecular formula is C26H29NO4S2. The molecule has 0 bridgehead atoms. The molecule has 2 aromatic heterocycles. The van der Waals surface area contributed by atoms with Gasteiger partial charge in [-0.1, -0.05) is 13.0 Å². The van der Waals surface area contributed by atoms with Crippen LogP contribution >= 0.6 is 22.7 Å². The number of ether oxygens (including phenoxy) is 2. The average Bonchev–Trinajstić information content (AvgIpc) is 3.59. The first kappa shape index (κ1) is 22.6. The molecule has 1 saturated heterocycles. The van der Waals surface area contributed by atoms with Crippen LogP contribution in [0.4, 0.5) is 0 Å². The van der Waals surface area contributed by atoms with Crippen LogP contribution in [0, 0.1) is 0 Å². The zero-order chi connectivity index (χ0) is 22.9. The lowest BCUT2D eigenvalue weighted by atomic mass is 9.74. The van der Waals surface area contributed by atoms with Crippen molar-refractivity contribution in [2.75, 3.05) is 13.2 Å². The van der Waals surface area contributed by atoms with E-state index in [4.69, 9.17) is 9.47 Å². The van der Waals surface area contributed by atoms with Gasteiger partial charge in [-0.05, 0) is 56.2 Å². The van der Waals surface area contributed by atoms with E-state index in [0.717, 1.165) is 54.1 Å². The van der Waals surface area contributed by atoms with Gasteiger partial charge in [0, 0.05) is 50.5 Å². The minimum absolute atomic E-state index is 0.0315. The van der Waals surface area contributed by atoms with Crippen LogP contribution in [0.25, 0.3) is 0 Å². The molecule has 2 aliphatic heterocycles. The number of carbonyl (C=O) groups excluding carboxylic acids is 2. The maximum atomic E-state index is 13.6. The summed E-state index contributed by atoms with van der Waals surface area (Å²) in [5.74, 6) is -0.428. The molecule has 5 nitrogen and oxygen atoms in total. The highest BCUT2D eigenvalue weighted by atomic mass is 32.1. The van der Waals surface area contributed by atoms with Gasteiger partial charge in [0.05, 0.1) is 17.6 Å². The van der Waals surface area contributed by atoms with E-state index in [0.29, 0.717) is 12.0 Å². The van der Waals surface area contributed by atoms with Crippen LogP contribution in [-0.2, 0) is 25.5 Å². The summed E-state index contributed by atoms with van der Waals surface area (Å²) in [5.41, 5.74) is 3.03. The van der Waals surface area contributed by atoms with E-state index in [1.165, 1.54) is 9.75 Å². The number of rotatable bonds is 6. The van der Waals surface area contributed by atoms with Gasteiger partial charge in [-0.15, -0.1) is 22.7 Å². The van der Waals surface area contributed by atoms with Crippen LogP contribution in [0.3, 0.4) is 0 Å². The Morgan fingerprint density at radius 1 is 1.24 bits per heavy atom. The van der Waals surface area contributed by atoms with Crippen molar-refractivity contribution in [3.8, 4) is 0 Å². The fraction of sp³-hybridized carbons (Fsp3) is 0.462. The van der Waals surface area contributed by atoms with Crippen LogP contribution < -0.4 is 5.32 Å². The molecule has 1 fully saturated rings. The second kappa shape index (κ2) is 9.57. The average molecular weight is 484 g/mol. The van der Waals surface area contributed by atoms with E-state index in [1.54, 1.807) is 22.7 Å². The molecule has 1 aliphatic carbocycles. The van der Waals surface area contributed by atoms with Gasteiger partial charge < -0.3 is 14.8 Å². The fourth-order valence-electron chi connectivity index (χ4n) is 5.08. The Bertz CT molecular complexity index is 1110. The maximum absolute atomic E-state index is 13.6. The molecule has 5 rings (SSSR count). The molecule has 2 aromatic rings. The summed E-state index contributed by atoms with van der Waals surface area (Å²) in [4.78, 5) is 30.4. The molecule has 0 amide bonds. The molecular weight excluding hydrogens is 454 g/mol. The molecule has 3 atom stereocenters. The van der Waals surface area contributed by atoms with Gasteiger partial charge in [-0.25, -0.2) is 4.79 Å². The summed E-state index contributed by atoms with van der Waals surface area (Å²) >= 11 is 3.38. The number of carbonyl (C=O) groups is 2. The lowest BCUT2D eigenvalue weighted by molar-refractivity contribution is -0.142. The van der Waals surface area contributed by atoms with Crippen molar-refractivity contribution in [1.82, 2.24) is 5.32 Å². The standard InChI is InChI=1S/C26H29NO4S2/c1-3-18-8-9-22(33-18)25-23(26(29)31-14-17-6-4-10-30-17)15(2)27-19-12-16(13-20(28)24(19)25)21-7-5-11-32-21/h5,7-9,11,16-17,25,27H,3-4,6,10,12-14H2,1-2H3. The van der Waals surface area contributed by atoms with Crippen LogP contribution in [0.15, 0.2) is 52.2 Å². The predicted molar refractivity (Wildman–Crippen MR) is 131 cm³/mol. The van der Waals surface area contributed by atoms with E-state index in [1.807, 2.05) is 13.0 Å². The first-order chi connectivity index (χ1) is 16.0. The molecule has 174 valence electrons. The number of ketones is 1. The predicted octanol–water partition coefficient (Wildman–Crippen LogP) is 5.46. The number of Topliss-reactive ketones (excluding diaryl/α,β-unsaturated/α-hetero) is 1. The second-order valence-electron chi connectivity index (χ2n) is 8.92. The monoisotopic (exact) mass is 483 g/mol. The number of allylic oxidation sites excluding steroid dienone is 3. The summed E-state index contributed by atoms with van der Waals surface area (Å²) in [7, 11) is 0. The van der Waals surface area contributed by atoms with Crippen molar-refractivity contribution in [2.24, 2.45) is 0 Å². The third-order valence-corrected chi connectivity index (χ3v) is 9.06. The molecule has 0 spiro atoms. The van der Waals surface area contributed by atoms with Gasteiger partial charge >= 0.3 is 5.97 Å². The van der Waals surface area contributed by atoms with Crippen molar-refractivity contribution in [3.05, 3.63) is 66.8 Å². The summed E-state index contributed by atoms with van der Waals surface area (Å²) in [6.45, 7) is 5.03. The van der Waals surface area contributed by atoms with E-state index < -0.39 is 0 Å². The van der Waals surface area contributed by atoms with Crippen LogP contribution in [0.5, 0.6) is 0 Å². The molecule has 33 heavy (non-hydrogen) atoms. The van der Waals surface area contributed by atoms with Crippen LogP contribution in [-0.4, -0.2) is 31.1 Å². The highest BCUT2D eigenvalue weighted by molar-refractivity contribution is 7.12. The topological polar surface area (TPSA) is 64.6 Å². The lowest BCUT2D eigenvalue weighted by Crippen LogP contribution is -2.36. The zero-order valence-corrected chi connectivity index (χ0v) is 20.7. The van der Waals surface area contributed by atoms with Crippen molar-refractivity contribution in [3.63, 3.8) is 0 Å². The van der Waals surface area contributed by atoms with Crippen molar-refractivity contribution in [2.45, 2.75) is 63.9 Å². The lowest BCUT2D eigenvalue weighted by Gasteiger charge is -2.36. The minimum atomic E-state index is -0.375. The molecule has 7 heteroatoms. The molecule has 0 saturated carbocycles. The van der Waals surface area contributed by atoms with Crippen LogP contribution in [0.2, 0.25) is 0 Å². The number of dihydropyridines is 1. The largest absolute Gasteiger partial charge is 0.459 e. The first-order valence-corrected chi connectivity index (χ1v) is 13.4. The van der Waals surface area contributed by atoms with E-state index in [2.05, 4.69) is 35.8 Å². The van der Waals surface area contributed by atoms with Gasteiger partial charge in [0.2, 0.25) is 0 Å². The number of nitrogens with one attached hydrogen (secondary N) is 1. The van der Waals surface area contributed by atoms with Gasteiger partial charge in [-0.2, -0.15) is 0 Å². The number of thiophene rings is 2. The molecule has 4 heterocycles. The maximum Gasteiger partial charge on any atom is 0.336 e. The van der Waals surface area contributed by atoms with Crippen molar-refractivity contribution >= 4 is 34.4 Å².